The Kier molecular flexibility index (Phi) is 2.59. The van der Waals surface area contributed by atoms with Crippen LogP contribution in [0.4, 0.5) is 0 Å². The van der Waals surface area contributed by atoms with Gasteiger partial charge >= 0.3 is 5.97 Å². The lowest BCUT2D eigenvalue weighted by Gasteiger charge is -2.52. The van der Waals surface area contributed by atoms with Crippen molar-refractivity contribution in [3.8, 4) is 0 Å². The second-order valence-corrected chi connectivity index (χ2v) is 6.63. The molecule has 0 aromatic rings. The number of ether oxygens (including phenoxy) is 1. The van der Waals surface area contributed by atoms with E-state index < -0.39 is 17.4 Å². The molecular formula is C13H21N3O3. The van der Waals surface area contributed by atoms with Crippen molar-refractivity contribution in [3.63, 3.8) is 0 Å². The number of fused-ring (bicyclic) bond motifs is 1. The summed E-state index contributed by atoms with van der Waals surface area (Å²) in [4.78, 5) is 24.0. The van der Waals surface area contributed by atoms with Crippen LogP contribution in [0.3, 0.4) is 0 Å². The number of esters is 1. The van der Waals surface area contributed by atoms with Crippen molar-refractivity contribution in [1.82, 2.24) is 0 Å². The lowest BCUT2D eigenvalue weighted by Crippen LogP contribution is -2.67. The number of rotatable bonds is 2. The maximum atomic E-state index is 12.2. The Hall–Kier alpha value is -0.980. The Morgan fingerprint density at radius 1 is 1.32 bits per heavy atom. The minimum atomic E-state index is -1.95. The number of carbonyl (C=O) groups is 2. The lowest BCUT2D eigenvalue weighted by atomic mass is 9.60. The summed E-state index contributed by atoms with van der Waals surface area (Å²) in [5.41, 5.74) is 15.6. The Balaban J connectivity index is 1.79. The third-order valence-corrected chi connectivity index (χ3v) is 5.18. The van der Waals surface area contributed by atoms with Gasteiger partial charge in [0, 0.05) is 17.8 Å². The first-order valence-electron chi connectivity index (χ1n) is 6.87. The Labute approximate surface area is 112 Å². The summed E-state index contributed by atoms with van der Waals surface area (Å²) in [6.45, 7) is 2.00. The van der Waals surface area contributed by atoms with Crippen LogP contribution in [0.15, 0.2) is 0 Å². The number of hydrogen-bond acceptors (Lipinski definition) is 6. The molecule has 3 aliphatic rings. The van der Waals surface area contributed by atoms with Gasteiger partial charge in [-0.15, -0.1) is 0 Å². The Bertz CT molecular complexity index is 445. The van der Waals surface area contributed by atoms with Gasteiger partial charge in [-0.2, -0.15) is 0 Å². The summed E-state index contributed by atoms with van der Waals surface area (Å²) in [5.74, 6) is -1.53. The molecule has 0 amide bonds. The van der Waals surface area contributed by atoms with E-state index in [4.69, 9.17) is 21.9 Å². The summed E-state index contributed by atoms with van der Waals surface area (Å²) in [6.07, 6.45) is 3.15. The first kappa shape index (κ1) is 13.0. The van der Waals surface area contributed by atoms with Crippen LogP contribution in [0.1, 0.15) is 32.6 Å². The molecule has 3 saturated carbocycles. The third-order valence-electron chi connectivity index (χ3n) is 5.18. The quantitative estimate of drug-likeness (QED) is 0.456. The van der Waals surface area contributed by atoms with Crippen LogP contribution in [0.2, 0.25) is 0 Å². The minimum Gasteiger partial charge on any atom is -0.455 e. The fourth-order valence-corrected chi connectivity index (χ4v) is 4.32. The average Bonchev–Trinajstić information content (AvgIpc) is 2.52. The van der Waals surface area contributed by atoms with Gasteiger partial charge in [0.2, 0.25) is 5.79 Å². The van der Waals surface area contributed by atoms with Crippen molar-refractivity contribution in [1.29, 1.82) is 0 Å². The number of Topliss-reactive ketones (excluding diaryl/α,β-unsaturated/α-hetero) is 1. The predicted octanol–water partition coefficient (Wildman–Crippen LogP) is -0.547. The van der Waals surface area contributed by atoms with Crippen molar-refractivity contribution >= 4 is 11.8 Å². The van der Waals surface area contributed by atoms with Crippen LogP contribution in [0.5, 0.6) is 0 Å². The van der Waals surface area contributed by atoms with Crippen molar-refractivity contribution in [3.05, 3.63) is 0 Å². The Morgan fingerprint density at radius 2 is 2.00 bits per heavy atom. The maximum absolute atomic E-state index is 12.2. The summed E-state index contributed by atoms with van der Waals surface area (Å²) in [7, 11) is 0. The fraction of sp³-hybridized carbons (Fsp3) is 0.846. The van der Waals surface area contributed by atoms with Crippen molar-refractivity contribution < 1.29 is 14.3 Å². The number of nitrogens with two attached hydrogens (primary N) is 3. The first-order valence-corrected chi connectivity index (χ1v) is 6.87. The van der Waals surface area contributed by atoms with Gasteiger partial charge in [0.25, 0.3) is 0 Å². The van der Waals surface area contributed by atoms with Crippen LogP contribution in [-0.2, 0) is 14.3 Å². The summed E-state index contributed by atoms with van der Waals surface area (Å²) < 4.78 is 5.52. The van der Waals surface area contributed by atoms with E-state index in [0.717, 1.165) is 19.3 Å². The van der Waals surface area contributed by atoms with E-state index in [0.29, 0.717) is 18.1 Å². The summed E-state index contributed by atoms with van der Waals surface area (Å²) >= 11 is 0. The molecule has 3 rings (SSSR count). The molecule has 2 bridgehead atoms. The van der Waals surface area contributed by atoms with E-state index in [-0.39, 0.29) is 17.8 Å². The smallest absolute Gasteiger partial charge is 0.357 e. The van der Waals surface area contributed by atoms with E-state index >= 15 is 0 Å². The molecule has 0 radical (unpaired) electrons. The predicted molar refractivity (Wildman–Crippen MR) is 67.2 cm³/mol. The molecule has 0 saturated heterocycles. The molecule has 19 heavy (non-hydrogen) atoms. The molecule has 0 aromatic heterocycles. The van der Waals surface area contributed by atoms with Crippen LogP contribution in [0, 0.1) is 23.7 Å². The van der Waals surface area contributed by atoms with Gasteiger partial charge in [0.1, 0.15) is 11.4 Å². The second-order valence-electron chi connectivity index (χ2n) is 6.63. The van der Waals surface area contributed by atoms with E-state index in [1.54, 1.807) is 0 Å². The van der Waals surface area contributed by atoms with Gasteiger partial charge in [0.15, 0.2) is 0 Å². The zero-order chi connectivity index (χ0) is 14.0. The molecule has 6 heteroatoms. The first-order chi connectivity index (χ1) is 8.73. The molecule has 6 N–H and O–H groups in total. The van der Waals surface area contributed by atoms with Crippen molar-refractivity contribution in [2.45, 2.75) is 44.0 Å². The van der Waals surface area contributed by atoms with Gasteiger partial charge < -0.3 is 4.74 Å². The zero-order valence-corrected chi connectivity index (χ0v) is 11.1. The monoisotopic (exact) mass is 267 g/mol. The van der Waals surface area contributed by atoms with E-state index in [1.807, 2.05) is 6.92 Å². The van der Waals surface area contributed by atoms with Crippen LogP contribution in [0.25, 0.3) is 0 Å². The molecule has 106 valence electrons. The highest BCUT2D eigenvalue weighted by molar-refractivity contribution is 5.85. The van der Waals surface area contributed by atoms with Gasteiger partial charge in [-0.1, -0.05) is 6.92 Å². The summed E-state index contributed by atoms with van der Waals surface area (Å²) in [6, 6.07) is 0. The standard InChI is InChI=1S/C13H21N3O3/c1-6-2-7-4-12(19-11(18)13(14,15)16)5-8(10(6)17)3-9(7)12/h6-9H,2-5,14-16H2,1H3. The van der Waals surface area contributed by atoms with Gasteiger partial charge in [-0.05, 0) is 31.6 Å². The number of carbonyl (C=O) groups excluding carboxylic acids is 2. The topological polar surface area (TPSA) is 121 Å². The highest BCUT2D eigenvalue weighted by atomic mass is 16.6. The summed E-state index contributed by atoms with van der Waals surface area (Å²) in [5, 5.41) is 0. The molecular weight excluding hydrogens is 246 g/mol. The molecule has 5 unspecified atom stereocenters. The normalized spacial score (nSPS) is 44.5. The van der Waals surface area contributed by atoms with Crippen LogP contribution in [-0.4, -0.2) is 23.1 Å². The van der Waals surface area contributed by atoms with E-state index in [2.05, 4.69) is 0 Å². The molecule has 3 fully saturated rings. The SMILES string of the molecule is CC1CC2CC3(OC(=O)C(N)(N)N)CC(CC23)C1=O. The third kappa shape index (κ3) is 1.81. The second kappa shape index (κ2) is 3.77. The van der Waals surface area contributed by atoms with E-state index in [1.165, 1.54) is 0 Å². The van der Waals surface area contributed by atoms with Gasteiger partial charge in [-0.3, -0.25) is 22.0 Å². The minimum absolute atomic E-state index is 0.0167. The number of hydrogen-bond donors (Lipinski definition) is 3. The number of ketones is 1. The van der Waals surface area contributed by atoms with E-state index in [9.17, 15) is 9.59 Å². The lowest BCUT2D eigenvalue weighted by molar-refractivity contribution is -0.197. The molecule has 0 aliphatic heterocycles. The molecule has 5 atom stereocenters. The van der Waals surface area contributed by atoms with Crippen molar-refractivity contribution in [2.24, 2.45) is 40.9 Å². The highest BCUT2D eigenvalue weighted by Gasteiger charge is 2.65. The van der Waals surface area contributed by atoms with Crippen LogP contribution >= 0.6 is 0 Å². The zero-order valence-electron chi connectivity index (χ0n) is 11.1. The highest BCUT2D eigenvalue weighted by Crippen LogP contribution is 2.62. The van der Waals surface area contributed by atoms with Crippen LogP contribution < -0.4 is 17.2 Å². The Morgan fingerprint density at radius 3 is 2.63 bits per heavy atom. The molecule has 0 aromatic carbocycles. The van der Waals surface area contributed by atoms with Gasteiger partial charge in [0.05, 0.1) is 0 Å². The molecule has 0 spiro atoms. The molecule has 6 nitrogen and oxygen atoms in total. The molecule has 0 heterocycles. The average molecular weight is 267 g/mol. The van der Waals surface area contributed by atoms with Gasteiger partial charge in [-0.25, -0.2) is 4.79 Å². The maximum Gasteiger partial charge on any atom is 0.357 e. The fourth-order valence-electron chi connectivity index (χ4n) is 4.32. The largest absolute Gasteiger partial charge is 0.455 e. The molecule has 3 aliphatic carbocycles. The van der Waals surface area contributed by atoms with Crippen molar-refractivity contribution in [2.75, 3.05) is 0 Å².